The normalized spacial score (nSPS) is 22.8. The zero-order valence-electron chi connectivity index (χ0n) is 10.4. The maximum absolute atomic E-state index is 11.7. The van der Waals surface area contributed by atoms with Crippen LogP contribution >= 0.6 is 11.6 Å². The van der Waals surface area contributed by atoms with E-state index in [9.17, 15) is 4.91 Å². The van der Waals surface area contributed by atoms with Gasteiger partial charge >= 0.3 is 5.70 Å². The van der Waals surface area contributed by atoms with Crippen LogP contribution in [-0.4, -0.2) is 23.7 Å². The molecule has 2 atom stereocenters. The zero-order valence-corrected chi connectivity index (χ0v) is 11.1. The highest BCUT2D eigenvalue weighted by molar-refractivity contribution is 6.30. The van der Waals surface area contributed by atoms with Crippen molar-refractivity contribution in [2.45, 2.75) is 25.6 Å². The Morgan fingerprint density at radius 1 is 1.53 bits per heavy atom. The first-order valence-electron chi connectivity index (χ1n) is 5.93. The lowest BCUT2D eigenvalue weighted by Crippen LogP contribution is -2.33. The minimum Gasteiger partial charge on any atom is -0.758 e. The van der Waals surface area contributed by atoms with Crippen LogP contribution < -0.4 is 0 Å². The van der Waals surface area contributed by atoms with Crippen molar-refractivity contribution < 1.29 is 14.5 Å². The smallest absolute Gasteiger partial charge is 0.320 e. The number of ether oxygens (including phenoxy) is 1. The fourth-order valence-electron chi connectivity index (χ4n) is 2.03. The van der Waals surface area contributed by atoms with Crippen LogP contribution in [0.4, 0.5) is 0 Å². The summed E-state index contributed by atoms with van der Waals surface area (Å²) >= 11 is 5.83. The Morgan fingerprint density at radius 3 is 2.79 bits per heavy atom. The molecule has 1 saturated heterocycles. The summed E-state index contributed by atoms with van der Waals surface area (Å²) in [4.78, 5) is 16.9. The fourth-order valence-corrected chi connectivity index (χ4v) is 2.16. The molecule has 0 radical (unpaired) electrons. The molecule has 1 aliphatic rings. The van der Waals surface area contributed by atoms with Crippen molar-refractivity contribution in [3.05, 3.63) is 50.9 Å². The van der Waals surface area contributed by atoms with Crippen molar-refractivity contribution in [1.82, 2.24) is 0 Å². The molecule has 1 heterocycles. The number of rotatable bonds is 3. The minimum absolute atomic E-state index is 0.0262. The molecule has 19 heavy (non-hydrogen) atoms. The van der Waals surface area contributed by atoms with E-state index in [0.717, 1.165) is 5.56 Å². The summed E-state index contributed by atoms with van der Waals surface area (Å²) in [5.41, 5.74) is 0.869. The van der Waals surface area contributed by atoms with Gasteiger partial charge in [-0.25, -0.2) is 0 Å². The molecule has 5 nitrogen and oxygen atoms in total. The van der Waals surface area contributed by atoms with Crippen LogP contribution in [-0.2, 0) is 9.57 Å². The predicted molar refractivity (Wildman–Crippen MR) is 70.8 cm³/mol. The molecule has 1 aromatic carbocycles. The molecule has 2 rings (SSSR count). The van der Waals surface area contributed by atoms with E-state index in [4.69, 9.17) is 26.6 Å². The topological polar surface area (TPSA) is 60.8 Å². The molecule has 6 heteroatoms. The van der Waals surface area contributed by atoms with E-state index in [-0.39, 0.29) is 16.5 Å². The minimum atomic E-state index is -0.639. The second-order valence-corrected chi connectivity index (χ2v) is 4.52. The largest absolute Gasteiger partial charge is 0.758 e. The van der Waals surface area contributed by atoms with Crippen LogP contribution in [0.5, 0.6) is 0 Å². The molecule has 0 saturated carbocycles. The SMILES string of the molecule is CCO[C@H]1C[C@@H](c2ccc(Cl)cc2)C(=C=[N-])[N+](=O)O1. The van der Waals surface area contributed by atoms with Crippen LogP contribution in [0.15, 0.2) is 30.0 Å². The second-order valence-electron chi connectivity index (χ2n) is 4.08. The van der Waals surface area contributed by atoms with E-state index < -0.39 is 6.29 Å². The maximum atomic E-state index is 11.7. The first-order valence-corrected chi connectivity index (χ1v) is 6.31. The number of nitrogens with zero attached hydrogens (tertiary/aromatic N) is 2. The molecule has 0 unspecified atom stereocenters. The molecule has 0 amide bonds. The number of halogens is 1. The second kappa shape index (κ2) is 5.97. The molecule has 100 valence electrons. The average Bonchev–Trinajstić information content (AvgIpc) is 2.39. The number of benzene rings is 1. The van der Waals surface area contributed by atoms with Crippen molar-refractivity contribution in [2.75, 3.05) is 6.61 Å². The summed E-state index contributed by atoms with van der Waals surface area (Å²) < 4.78 is 5.31. The summed E-state index contributed by atoms with van der Waals surface area (Å²) in [5, 5.41) is 9.69. The molecular weight excluding hydrogens is 268 g/mol. The Labute approximate surface area is 115 Å². The van der Waals surface area contributed by atoms with Gasteiger partial charge < -0.3 is 10.1 Å². The van der Waals surface area contributed by atoms with Crippen molar-refractivity contribution >= 4 is 17.5 Å². The highest BCUT2D eigenvalue weighted by atomic mass is 35.5. The molecule has 1 fully saturated rings. The van der Waals surface area contributed by atoms with Crippen LogP contribution in [0.1, 0.15) is 24.8 Å². The molecule has 1 aliphatic heterocycles. The van der Waals surface area contributed by atoms with Gasteiger partial charge in [0.1, 0.15) is 0 Å². The van der Waals surface area contributed by atoms with E-state index >= 15 is 0 Å². The van der Waals surface area contributed by atoms with Crippen molar-refractivity contribution in [2.24, 2.45) is 0 Å². The van der Waals surface area contributed by atoms with Gasteiger partial charge in [0, 0.05) is 18.1 Å². The summed E-state index contributed by atoms with van der Waals surface area (Å²) in [7, 11) is 0. The number of hydrogen-bond donors (Lipinski definition) is 0. The Kier molecular flexibility index (Phi) is 4.32. The van der Waals surface area contributed by atoms with Crippen molar-refractivity contribution in [3.8, 4) is 0 Å². The Balaban J connectivity index is 2.31. The van der Waals surface area contributed by atoms with Gasteiger partial charge in [0.25, 0.3) is 11.2 Å². The number of hydrogen-bond acceptors (Lipinski definition) is 3. The van der Waals surface area contributed by atoms with Gasteiger partial charge in [0.05, 0.1) is 10.8 Å². The third kappa shape index (κ3) is 3.01. The van der Waals surface area contributed by atoms with Gasteiger partial charge in [-0.05, 0) is 24.6 Å². The molecule has 0 spiro atoms. The first-order chi connectivity index (χ1) is 9.15. The summed E-state index contributed by atoms with van der Waals surface area (Å²) in [5.74, 6) is 1.55. The molecule has 0 aromatic heterocycles. The molecule has 1 aromatic rings. The average molecular weight is 281 g/mol. The van der Waals surface area contributed by atoms with Crippen molar-refractivity contribution in [3.63, 3.8) is 0 Å². The fraction of sp³-hybridized carbons (Fsp3) is 0.385. The van der Waals surface area contributed by atoms with Gasteiger partial charge in [-0.2, -0.15) is 10.7 Å². The Morgan fingerprint density at radius 2 is 2.21 bits per heavy atom. The monoisotopic (exact) mass is 280 g/mol. The maximum Gasteiger partial charge on any atom is 0.320 e. The van der Waals surface area contributed by atoms with E-state index in [1.54, 1.807) is 24.3 Å². The molecule has 0 bridgehead atoms. The molecular formula is C13H13ClN2O3. The highest BCUT2D eigenvalue weighted by Gasteiger charge is 2.42. The third-order valence-corrected chi connectivity index (χ3v) is 3.16. The van der Waals surface area contributed by atoms with Crippen molar-refractivity contribution in [1.29, 1.82) is 0 Å². The van der Waals surface area contributed by atoms with E-state index in [0.29, 0.717) is 18.1 Å². The predicted octanol–water partition coefficient (Wildman–Crippen LogP) is 3.02. The van der Waals surface area contributed by atoms with Crippen LogP contribution in [0.3, 0.4) is 0 Å². The third-order valence-electron chi connectivity index (χ3n) is 2.91. The van der Waals surface area contributed by atoms with E-state index in [1.165, 1.54) is 0 Å². The summed E-state index contributed by atoms with van der Waals surface area (Å²) in [6, 6.07) is 7.05. The van der Waals surface area contributed by atoms with Gasteiger partial charge in [0.2, 0.25) is 0 Å². The van der Waals surface area contributed by atoms with Crippen LogP contribution in [0.2, 0.25) is 5.02 Å². The quantitative estimate of drug-likeness (QED) is 0.800. The van der Waals surface area contributed by atoms with Gasteiger partial charge in [0.15, 0.2) is 0 Å². The number of allylic oxidation sites excluding steroid dienone is 1. The summed E-state index contributed by atoms with van der Waals surface area (Å²) in [6.45, 7) is 2.26. The zero-order chi connectivity index (χ0) is 13.8. The van der Waals surface area contributed by atoms with Gasteiger partial charge in [-0.1, -0.05) is 23.7 Å². The highest BCUT2D eigenvalue weighted by Crippen LogP contribution is 2.34. The first kappa shape index (κ1) is 13.7. The standard InChI is InChI=1S/C13H13ClN2O3/c1-2-18-13-7-11(12(8-15)16(17)19-13)9-3-5-10(14)6-4-9/h3-6,11,13H,2,7H2,1H3/t11-,13+/m0/s1. The van der Waals surface area contributed by atoms with Crippen LogP contribution in [0.25, 0.3) is 5.41 Å². The lowest BCUT2D eigenvalue weighted by molar-refractivity contribution is -0.800. The van der Waals surface area contributed by atoms with E-state index in [1.807, 2.05) is 12.8 Å². The van der Waals surface area contributed by atoms with Crippen LogP contribution in [0, 0.1) is 4.91 Å². The van der Waals surface area contributed by atoms with Gasteiger partial charge in [-0.15, -0.1) is 0 Å². The molecule has 0 N–H and O–H groups in total. The lowest BCUT2D eigenvalue weighted by Gasteiger charge is -2.22. The van der Waals surface area contributed by atoms with Gasteiger partial charge in [-0.3, -0.25) is 0 Å². The van der Waals surface area contributed by atoms with E-state index in [2.05, 4.69) is 0 Å². The Bertz CT molecular complexity index is 523. The lowest BCUT2D eigenvalue weighted by atomic mass is 9.92. The summed E-state index contributed by atoms with van der Waals surface area (Å²) in [6.07, 6.45) is -0.211. The molecule has 0 aliphatic carbocycles. The Hall–Kier alpha value is -1.68.